The first-order valence-corrected chi connectivity index (χ1v) is 6.75. The van der Waals surface area contributed by atoms with Crippen molar-refractivity contribution >= 4 is 0 Å². The predicted octanol–water partition coefficient (Wildman–Crippen LogP) is 2.72. The molecule has 2 aromatic heterocycles. The van der Waals surface area contributed by atoms with Crippen LogP contribution in [-0.2, 0) is 0 Å². The first-order valence-electron chi connectivity index (χ1n) is 6.75. The molecule has 0 spiro atoms. The van der Waals surface area contributed by atoms with Crippen molar-refractivity contribution in [3.05, 3.63) is 36.8 Å². The van der Waals surface area contributed by atoms with Crippen molar-refractivity contribution in [3.8, 4) is 17.1 Å². The zero-order valence-electron chi connectivity index (χ0n) is 10.8. The number of pyridine rings is 1. The molecule has 1 saturated heterocycles. The Balaban J connectivity index is 1.63. The van der Waals surface area contributed by atoms with Crippen LogP contribution in [0.2, 0.25) is 0 Å². The van der Waals surface area contributed by atoms with Crippen LogP contribution in [0.1, 0.15) is 12.8 Å². The average Bonchev–Trinajstić information content (AvgIpc) is 3.01. The number of nitrogens with one attached hydrogen (secondary N) is 1. The topological polar surface area (TPSA) is 47.3 Å². The molecule has 19 heavy (non-hydrogen) atoms. The molecule has 3 rings (SSSR count). The first kappa shape index (κ1) is 12.2. The number of hydrogen-bond donors (Lipinski definition) is 1. The molecule has 4 nitrogen and oxygen atoms in total. The fourth-order valence-electron chi connectivity index (χ4n) is 2.34. The summed E-state index contributed by atoms with van der Waals surface area (Å²) in [6.45, 7) is 2.90. The van der Waals surface area contributed by atoms with Gasteiger partial charge in [0.2, 0.25) is 5.88 Å². The van der Waals surface area contributed by atoms with Gasteiger partial charge in [0.15, 0.2) is 0 Å². The predicted molar refractivity (Wildman–Crippen MR) is 73.0 cm³/mol. The summed E-state index contributed by atoms with van der Waals surface area (Å²) in [4.78, 5) is 4.50. The van der Waals surface area contributed by atoms with E-state index in [1.54, 1.807) is 12.5 Å². The standard InChI is InChI=1S/C15H18N2O2/c1-4-14(13-6-8-18-11-13)17-15(5-1)19-10-12-3-2-7-16-9-12/h1,4-6,8,11-12,16H,2-3,7,9-10H2. The van der Waals surface area contributed by atoms with Gasteiger partial charge in [-0.15, -0.1) is 0 Å². The molecule has 4 heteroatoms. The Morgan fingerprint density at radius 2 is 2.37 bits per heavy atom. The van der Waals surface area contributed by atoms with E-state index in [2.05, 4.69) is 10.3 Å². The number of furan rings is 1. The maximum Gasteiger partial charge on any atom is 0.213 e. The van der Waals surface area contributed by atoms with E-state index < -0.39 is 0 Å². The van der Waals surface area contributed by atoms with Crippen LogP contribution < -0.4 is 10.1 Å². The highest BCUT2D eigenvalue weighted by molar-refractivity contribution is 5.57. The molecular weight excluding hydrogens is 240 g/mol. The quantitative estimate of drug-likeness (QED) is 0.916. The Morgan fingerprint density at radius 1 is 1.37 bits per heavy atom. The second-order valence-corrected chi connectivity index (χ2v) is 4.90. The molecule has 3 heterocycles. The number of aromatic nitrogens is 1. The van der Waals surface area contributed by atoms with E-state index >= 15 is 0 Å². The van der Waals surface area contributed by atoms with Crippen molar-refractivity contribution in [3.63, 3.8) is 0 Å². The smallest absolute Gasteiger partial charge is 0.213 e. The summed E-state index contributed by atoms with van der Waals surface area (Å²) in [6.07, 6.45) is 5.81. The van der Waals surface area contributed by atoms with Crippen molar-refractivity contribution < 1.29 is 9.15 Å². The molecule has 1 aliphatic rings. The summed E-state index contributed by atoms with van der Waals surface area (Å²) in [5.41, 5.74) is 1.86. The highest BCUT2D eigenvalue weighted by Crippen LogP contribution is 2.20. The van der Waals surface area contributed by atoms with Crippen molar-refractivity contribution in [1.29, 1.82) is 0 Å². The van der Waals surface area contributed by atoms with Crippen LogP contribution in [0.3, 0.4) is 0 Å². The molecule has 100 valence electrons. The van der Waals surface area contributed by atoms with Crippen LogP contribution in [-0.4, -0.2) is 24.7 Å². The van der Waals surface area contributed by atoms with Gasteiger partial charge in [0.05, 0.1) is 24.8 Å². The van der Waals surface area contributed by atoms with Gasteiger partial charge in [-0.3, -0.25) is 0 Å². The molecule has 0 aliphatic carbocycles. The number of rotatable bonds is 4. The molecule has 0 saturated carbocycles. The Labute approximate surface area is 112 Å². The zero-order valence-corrected chi connectivity index (χ0v) is 10.8. The molecule has 0 aromatic carbocycles. The third kappa shape index (κ3) is 3.15. The lowest BCUT2D eigenvalue weighted by Gasteiger charge is -2.22. The lowest BCUT2D eigenvalue weighted by atomic mass is 10.0. The van der Waals surface area contributed by atoms with Crippen molar-refractivity contribution in [2.75, 3.05) is 19.7 Å². The maximum atomic E-state index is 5.80. The second kappa shape index (κ2) is 5.89. The molecular formula is C15H18N2O2. The van der Waals surface area contributed by atoms with Gasteiger partial charge in [0, 0.05) is 24.1 Å². The number of ether oxygens (including phenoxy) is 1. The van der Waals surface area contributed by atoms with E-state index in [9.17, 15) is 0 Å². The molecule has 0 bridgehead atoms. The minimum Gasteiger partial charge on any atom is -0.477 e. The van der Waals surface area contributed by atoms with Gasteiger partial charge in [-0.05, 0) is 31.5 Å². The molecule has 2 aromatic rings. The van der Waals surface area contributed by atoms with Crippen LogP contribution >= 0.6 is 0 Å². The van der Waals surface area contributed by atoms with Crippen molar-refractivity contribution in [2.24, 2.45) is 5.92 Å². The molecule has 1 atom stereocenters. The summed E-state index contributed by atoms with van der Waals surface area (Å²) >= 11 is 0. The van der Waals surface area contributed by atoms with Crippen molar-refractivity contribution in [2.45, 2.75) is 12.8 Å². The Bertz CT molecular complexity index is 505. The summed E-state index contributed by atoms with van der Waals surface area (Å²) in [7, 11) is 0. The second-order valence-electron chi connectivity index (χ2n) is 4.90. The molecule has 0 radical (unpaired) electrons. The minimum absolute atomic E-state index is 0.591. The highest BCUT2D eigenvalue weighted by atomic mass is 16.5. The summed E-state index contributed by atoms with van der Waals surface area (Å²) < 4.78 is 10.9. The largest absolute Gasteiger partial charge is 0.477 e. The van der Waals surface area contributed by atoms with E-state index in [1.165, 1.54) is 12.8 Å². The summed E-state index contributed by atoms with van der Waals surface area (Å²) in [5, 5.41) is 3.39. The zero-order chi connectivity index (χ0) is 12.9. The molecule has 1 aliphatic heterocycles. The van der Waals surface area contributed by atoms with E-state index in [0.717, 1.165) is 31.0 Å². The van der Waals surface area contributed by atoms with E-state index in [-0.39, 0.29) is 0 Å². The maximum absolute atomic E-state index is 5.80. The molecule has 1 fully saturated rings. The average molecular weight is 258 g/mol. The fraction of sp³-hybridized carbons (Fsp3) is 0.400. The lowest BCUT2D eigenvalue weighted by molar-refractivity contribution is 0.212. The van der Waals surface area contributed by atoms with Gasteiger partial charge >= 0.3 is 0 Å². The minimum atomic E-state index is 0.591. The fourth-order valence-corrected chi connectivity index (χ4v) is 2.34. The van der Waals surface area contributed by atoms with Crippen molar-refractivity contribution in [1.82, 2.24) is 10.3 Å². The highest BCUT2D eigenvalue weighted by Gasteiger charge is 2.13. The molecule has 1 unspecified atom stereocenters. The van der Waals surface area contributed by atoms with Crippen LogP contribution in [0.15, 0.2) is 41.2 Å². The van der Waals surface area contributed by atoms with E-state index in [0.29, 0.717) is 11.8 Å². The Kier molecular flexibility index (Phi) is 3.79. The van der Waals surface area contributed by atoms with Gasteiger partial charge in [-0.25, -0.2) is 4.98 Å². The Hall–Kier alpha value is -1.81. The Morgan fingerprint density at radius 3 is 3.16 bits per heavy atom. The van der Waals surface area contributed by atoms with Gasteiger partial charge in [0.1, 0.15) is 0 Å². The van der Waals surface area contributed by atoms with E-state index in [1.807, 2.05) is 24.3 Å². The van der Waals surface area contributed by atoms with Gasteiger partial charge < -0.3 is 14.5 Å². The van der Waals surface area contributed by atoms with E-state index in [4.69, 9.17) is 9.15 Å². The van der Waals surface area contributed by atoms with Gasteiger partial charge in [0.25, 0.3) is 0 Å². The summed E-state index contributed by atoms with van der Waals surface area (Å²) in [6, 6.07) is 7.72. The van der Waals surface area contributed by atoms with Gasteiger partial charge in [-0.1, -0.05) is 6.07 Å². The third-order valence-electron chi connectivity index (χ3n) is 3.41. The van der Waals surface area contributed by atoms with Crippen LogP contribution in [0.25, 0.3) is 11.3 Å². The number of nitrogens with zero attached hydrogens (tertiary/aromatic N) is 1. The number of hydrogen-bond acceptors (Lipinski definition) is 4. The molecule has 0 amide bonds. The van der Waals surface area contributed by atoms with Gasteiger partial charge in [-0.2, -0.15) is 0 Å². The monoisotopic (exact) mass is 258 g/mol. The number of piperidine rings is 1. The third-order valence-corrected chi connectivity index (χ3v) is 3.41. The first-order chi connectivity index (χ1) is 9.42. The lowest BCUT2D eigenvalue weighted by Crippen LogP contribution is -2.33. The van der Waals surface area contributed by atoms with Crippen LogP contribution in [0.5, 0.6) is 5.88 Å². The van der Waals surface area contributed by atoms with Crippen LogP contribution in [0.4, 0.5) is 0 Å². The van der Waals surface area contributed by atoms with Crippen LogP contribution in [0, 0.1) is 5.92 Å². The normalized spacial score (nSPS) is 19.3. The molecule has 1 N–H and O–H groups in total. The summed E-state index contributed by atoms with van der Waals surface area (Å²) in [5.74, 6) is 1.28. The SMILES string of the molecule is c1cc(OCC2CCCNC2)nc(-c2ccoc2)c1.